The molecule has 7 rings (SSSR count). The first kappa shape index (κ1) is 90.5. The Hall–Kier alpha value is -6.65. The number of methoxy groups -OCH3 is 2. The molecule has 0 aromatic carbocycles. The highest BCUT2D eigenvalue weighted by atomic mass is 16.6. The van der Waals surface area contributed by atoms with E-state index >= 15 is 0 Å². The Morgan fingerprint density at radius 3 is 2.15 bits per heavy atom. The number of carbonyl (C=O) groups is 6. The van der Waals surface area contributed by atoms with Crippen LogP contribution in [0.4, 0.5) is 5.82 Å². The summed E-state index contributed by atoms with van der Waals surface area (Å²) in [6.07, 6.45) is 19.8. The van der Waals surface area contributed by atoms with Crippen LogP contribution in [0.3, 0.4) is 0 Å². The molecule has 1 saturated carbocycles. The molecule has 6 heterocycles. The van der Waals surface area contributed by atoms with E-state index in [1.807, 2.05) is 57.3 Å². The van der Waals surface area contributed by atoms with Gasteiger partial charge >= 0.3 is 5.97 Å². The van der Waals surface area contributed by atoms with Gasteiger partial charge in [0.2, 0.25) is 11.7 Å². The number of aliphatic hydroxyl groups is 3. The molecule has 15 atom stereocenters. The average Bonchev–Trinajstić information content (AvgIpc) is 1.04. The third-order valence-corrected chi connectivity index (χ3v) is 21.3. The lowest BCUT2D eigenvalue weighted by Crippen LogP contribution is -2.61. The van der Waals surface area contributed by atoms with Crippen LogP contribution in [-0.4, -0.2) is 258 Å². The quantitative estimate of drug-likeness (QED) is 0.0168. The molecule has 0 spiro atoms. The number of anilines is 1. The predicted molar refractivity (Wildman–Crippen MR) is 409 cm³/mol. The first-order chi connectivity index (χ1) is 53.0. The Labute approximate surface area is 648 Å². The van der Waals surface area contributed by atoms with Gasteiger partial charge in [-0.3, -0.25) is 24.0 Å². The molecule has 2 saturated heterocycles. The van der Waals surface area contributed by atoms with Crippen molar-refractivity contribution in [3.63, 3.8) is 0 Å². The van der Waals surface area contributed by atoms with Crippen molar-refractivity contribution >= 4 is 52.0 Å². The number of hydrogen-bond donors (Lipinski definition) is 5. The minimum absolute atomic E-state index is 0.0579. The third kappa shape index (κ3) is 29.4. The number of nitrogens with zero attached hydrogens (tertiary/aromatic N) is 8. The molecule has 110 heavy (non-hydrogen) atoms. The molecule has 6 N–H and O–H groups in total. The zero-order valence-electron chi connectivity index (χ0n) is 66.5. The molecule has 30 heteroatoms. The number of allylic oxidation sites excluding steroid dienone is 6. The van der Waals surface area contributed by atoms with Gasteiger partial charge in [0, 0.05) is 83.7 Å². The Morgan fingerprint density at radius 2 is 1.45 bits per heavy atom. The van der Waals surface area contributed by atoms with Crippen molar-refractivity contribution in [1.29, 1.82) is 0 Å². The molecular weight excluding hydrogens is 1420 g/mol. The number of aryl methyl sites for hydroxylation is 2. The molecule has 30 nitrogen and oxygen atoms in total. The summed E-state index contributed by atoms with van der Waals surface area (Å²) in [5.41, 5.74) is 8.55. The second kappa shape index (κ2) is 48.4. The monoisotopic (exact) mass is 1550 g/mol. The number of hydrogen-bond acceptors (Lipinski definition) is 26. The number of rotatable bonds is 37. The minimum Gasteiger partial charge on any atom is -0.460 e. The fourth-order valence-electron chi connectivity index (χ4n) is 14.6. The second-order valence-electron chi connectivity index (χ2n) is 30.0. The number of esters is 1. The number of ether oxygens (including phenoxy) is 11. The summed E-state index contributed by atoms with van der Waals surface area (Å²) < 4.78 is 68.2. The molecule has 3 fully saturated rings. The molecule has 3 aromatic heterocycles. The summed E-state index contributed by atoms with van der Waals surface area (Å²) >= 11 is 0. The van der Waals surface area contributed by atoms with Gasteiger partial charge in [-0.05, 0) is 139 Å². The first-order valence-corrected chi connectivity index (χ1v) is 39.8. The number of cyclic esters (lactones) is 1. The lowest BCUT2D eigenvalue weighted by atomic mass is 9.78. The Morgan fingerprint density at radius 1 is 0.745 bits per heavy atom. The number of carbonyl (C=O) groups excluding carboxylic acids is 6. The van der Waals surface area contributed by atoms with E-state index in [4.69, 9.17) is 57.8 Å². The highest BCUT2D eigenvalue weighted by molar-refractivity contribution is 6.39. The van der Waals surface area contributed by atoms with Crippen molar-refractivity contribution in [2.75, 3.05) is 119 Å². The number of nitrogens with two attached hydrogens (primary N) is 1. The van der Waals surface area contributed by atoms with Crippen molar-refractivity contribution in [2.24, 2.45) is 35.5 Å². The number of amides is 2. The summed E-state index contributed by atoms with van der Waals surface area (Å²) in [6.45, 7) is 19.7. The van der Waals surface area contributed by atoms with Crippen LogP contribution in [-0.2, 0) is 100 Å². The molecule has 3 aliphatic heterocycles. The number of nitrogens with one attached hydrogen (secondary N) is 1. The molecule has 2 amide bonds. The maximum absolute atomic E-state index is 14.7. The van der Waals surface area contributed by atoms with Gasteiger partial charge in [-0.1, -0.05) is 76.3 Å². The summed E-state index contributed by atoms with van der Waals surface area (Å²) in [5, 5.41) is 51.3. The summed E-state index contributed by atoms with van der Waals surface area (Å²) in [4.78, 5) is 93.2. The molecule has 4 aliphatic rings. The summed E-state index contributed by atoms with van der Waals surface area (Å²) in [5.74, 6) is -8.43. The van der Waals surface area contributed by atoms with Gasteiger partial charge in [-0.15, -0.1) is 5.10 Å². The van der Waals surface area contributed by atoms with E-state index in [1.54, 1.807) is 57.5 Å². The van der Waals surface area contributed by atoms with E-state index < -0.39 is 83.5 Å². The number of Topliss-reactive ketones (excluding diaryl/α,β-unsaturated/α-hetero) is 3. The lowest BCUT2D eigenvalue weighted by Gasteiger charge is -2.42. The van der Waals surface area contributed by atoms with Gasteiger partial charge in [0.15, 0.2) is 11.4 Å². The van der Waals surface area contributed by atoms with Crippen LogP contribution in [0.15, 0.2) is 66.3 Å². The number of ketones is 3. The maximum atomic E-state index is 14.7. The van der Waals surface area contributed by atoms with Crippen molar-refractivity contribution in [3.8, 4) is 0 Å². The molecule has 2 bridgehead atoms. The van der Waals surface area contributed by atoms with Gasteiger partial charge in [0.1, 0.15) is 42.3 Å². The van der Waals surface area contributed by atoms with Crippen LogP contribution in [0.1, 0.15) is 163 Å². The van der Waals surface area contributed by atoms with Crippen LogP contribution in [0, 0.1) is 35.5 Å². The molecule has 0 radical (unpaired) electrons. The average molecular weight is 1550 g/mol. The Balaban J connectivity index is 0.773. The number of unbranched alkanes of at least 4 members (excludes halogenated alkanes) is 2. The number of nitrogen functional groups attached to an aromatic ring is 1. The minimum atomic E-state index is -2.47. The van der Waals surface area contributed by atoms with Crippen molar-refractivity contribution < 1.29 is 96.2 Å². The van der Waals surface area contributed by atoms with E-state index in [2.05, 4.69) is 30.7 Å². The van der Waals surface area contributed by atoms with Crippen LogP contribution in [0.2, 0.25) is 0 Å². The van der Waals surface area contributed by atoms with Gasteiger partial charge in [0.25, 0.3) is 11.7 Å². The summed E-state index contributed by atoms with van der Waals surface area (Å²) in [7, 11) is 3.24. The zero-order chi connectivity index (χ0) is 79.4. The predicted octanol–water partition coefficient (Wildman–Crippen LogP) is 6.97. The van der Waals surface area contributed by atoms with Gasteiger partial charge in [-0.25, -0.2) is 24.1 Å². The zero-order valence-corrected chi connectivity index (χ0v) is 66.5. The smallest absolute Gasteiger partial charge is 0.329 e. The van der Waals surface area contributed by atoms with Crippen LogP contribution < -0.4 is 11.1 Å². The molecule has 0 unspecified atom stereocenters. The number of fused-ring (bicyclic) bond motifs is 4. The van der Waals surface area contributed by atoms with Crippen LogP contribution >= 0.6 is 0 Å². The molecule has 1 aliphatic carbocycles. The highest BCUT2D eigenvalue weighted by Gasteiger charge is 2.53. The molecular formula is C80H126N10O20. The van der Waals surface area contributed by atoms with Crippen molar-refractivity contribution in [3.05, 3.63) is 72.0 Å². The molecule has 3 aromatic rings. The van der Waals surface area contributed by atoms with Crippen molar-refractivity contribution in [2.45, 2.75) is 232 Å². The van der Waals surface area contributed by atoms with E-state index in [0.717, 1.165) is 61.6 Å². The van der Waals surface area contributed by atoms with Gasteiger partial charge in [-0.2, -0.15) is 5.10 Å². The SMILES string of the molecule is CO[C@H]1C[C@@H]2CC[C@@H](C)[C@@](O)(O2)C(=O)C(=O)N2CCCC[C@H]2C(=O)O[C@H]([C@H](C)C[C@@H]2CC[C@@H](OCCCCc3cn(CCOCCOCCOCCOCCOCCOCCC(=O)NCCCCn4ncc5c(N)ncnc54)nn3)[C@H](OC)C2)CC(=O)[C@H](C)/C=C(\C)[C@@H](O)[C@@H](O)C(=O)[C@H](C)C[C@H](C)/C=C/C=CC=C1C. The number of piperidine rings is 1. The topological polar surface area (TPSA) is 380 Å². The van der Waals surface area contributed by atoms with E-state index in [0.29, 0.717) is 168 Å². The Kier molecular flexibility index (Phi) is 39.9. The highest BCUT2D eigenvalue weighted by Crippen LogP contribution is 2.38. The number of aliphatic hydroxyl groups excluding tert-OH is 2. The largest absolute Gasteiger partial charge is 0.460 e. The van der Waals surface area contributed by atoms with Gasteiger partial charge in [0.05, 0.1) is 128 Å². The van der Waals surface area contributed by atoms with E-state index in [1.165, 1.54) is 17.3 Å². The normalized spacial score (nSPS) is 28.0. The van der Waals surface area contributed by atoms with Crippen LogP contribution in [0.5, 0.6) is 0 Å². The maximum Gasteiger partial charge on any atom is 0.329 e. The Bertz CT molecular complexity index is 3420. The van der Waals surface area contributed by atoms with E-state index in [-0.39, 0.29) is 73.0 Å². The van der Waals surface area contributed by atoms with Crippen LogP contribution in [0.25, 0.3) is 11.0 Å². The third-order valence-electron chi connectivity index (χ3n) is 21.3. The van der Waals surface area contributed by atoms with E-state index in [9.17, 15) is 44.1 Å². The first-order valence-electron chi connectivity index (χ1n) is 39.8. The fourth-order valence-corrected chi connectivity index (χ4v) is 14.6. The summed E-state index contributed by atoms with van der Waals surface area (Å²) in [6, 6.07) is -1.18. The lowest BCUT2D eigenvalue weighted by molar-refractivity contribution is -0.265. The van der Waals surface area contributed by atoms with Crippen molar-refractivity contribution in [1.82, 2.24) is 45.0 Å². The fraction of sp³-hybridized carbons (Fsp3) is 0.738. The second-order valence-corrected chi connectivity index (χ2v) is 30.0. The standard InChI is InChI=1S/C80H126N10O20/c1-54-19-11-10-12-20-55(2)68(100-8)49-63-25-23-60(7)80(99,110-63)75(96)78(97)89-29-16-13-22-65(89)79(98)109-69(50-66(91)56(3)46-59(6)73(94)74(95)72(93)58(5)45-54)57(4)47-61-24-26-67(70(48-61)101-9)108-32-18-14-21-62-52-88(87-86-62)31-34-103-36-38-105-40-42-107-44-43-106-41-39-104-37-35-102-33-27-71(92)82-28-15-17-30-90-77-64(51-85-90)76(81)83-53-84-77/h10-12,19-20,46,51-54,56-58,60-61,63,65,67-70,73-74,94-95,99H,13-18,21-45,47-50H2,1-9H3,(H,82,92)(H2,81,83,84)/b12-10?,19-11+,55-20?,59-46+/t54-,56-,57-,58-,60-,61+,63+,65+,67-,68+,69+,70-,73-,74+,80-/m1/s1. The molecule has 616 valence electrons. The number of aromatic nitrogens is 7. The van der Waals surface area contributed by atoms with Gasteiger partial charge < -0.3 is 83.4 Å².